The molecule has 3 aromatic carbocycles. The number of carbonyl (C=O) groups excluding carboxylic acids is 1. The van der Waals surface area contributed by atoms with Crippen LogP contribution in [0.3, 0.4) is 0 Å². The molecule has 3 aromatic rings. The number of carbonyl (C=O) groups is 1. The Hall–Kier alpha value is -3.11. The fraction of sp³-hybridized carbons (Fsp3) is 0.208. The van der Waals surface area contributed by atoms with Crippen LogP contribution in [-0.4, -0.2) is 33.7 Å². The minimum Gasteiger partial charge on any atom is -0.497 e. The van der Waals surface area contributed by atoms with Crippen LogP contribution in [0.4, 0.5) is 0 Å². The number of amides is 1. The lowest BCUT2D eigenvalue weighted by atomic mass is 10.1. The minimum absolute atomic E-state index is 0.0209. The van der Waals surface area contributed by atoms with Crippen molar-refractivity contribution >= 4 is 22.8 Å². The molecule has 0 aromatic heterocycles. The Morgan fingerprint density at radius 3 is 2.46 bits per heavy atom. The molecule has 0 radical (unpaired) electrons. The first-order valence-electron chi connectivity index (χ1n) is 9.45. The van der Waals surface area contributed by atoms with Gasteiger partial charge in [0, 0.05) is 6.08 Å². The maximum absolute atomic E-state index is 12.5. The fourth-order valence-corrected chi connectivity index (χ4v) is 3.21. The van der Waals surface area contributed by atoms with Gasteiger partial charge in [-0.2, -0.15) is 0 Å². The lowest BCUT2D eigenvalue weighted by Crippen LogP contribution is -3.06. The SMILES string of the molecule is COc1ccc2cc(/C=C/C(=O)N[C@H](C[NH+](C)C)c3ccccc3)ccc2c1. The van der Waals surface area contributed by atoms with E-state index in [1.54, 1.807) is 13.2 Å². The molecule has 3 rings (SSSR count). The summed E-state index contributed by atoms with van der Waals surface area (Å²) < 4.78 is 5.26. The Morgan fingerprint density at radius 2 is 1.75 bits per heavy atom. The Bertz CT molecular complexity index is 965. The molecule has 0 heterocycles. The van der Waals surface area contributed by atoms with Crippen molar-refractivity contribution in [2.24, 2.45) is 0 Å². The number of benzene rings is 3. The maximum atomic E-state index is 12.5. The van der Waals surface area contributed by atoms with Gasteiger partial charge >= 0.3 is 0 Å². The second-order valence-electron chi connectivity index (χ2n) is 7.19. The summed E-state index contributed by atoms with van der Waals surface area (Å²) in [6.45, 7) is 0.821. The van der Waals surface area contributed by atoms with E-state index in [0.717, 1.165) is 34.2 Å². The van der Waals surface area contributed by atoms with Crippen LogP contribution in [0, 0.1) is 0 Å². The fourth-order valence-electron chi connectivity index (χ4n) is 3.21. The topological polar surface area (TPSA) is 42.8 Å². The molecule has 0 fully saturated rings. The van der Waals surface area contributed by atoms with Crippen LogP contribution in [0.1, 0.15) is 17.2 Å². The van der Waals surface area contributed by atoms with Gasteiger partial charge in [-0.25, -0.2) is 0 Å². The Balaban J connectivity index is 1.72. The number of quaternary nitrogens is 1. The van der Waals surface area contributed by atoms with Gasteiger partial charge in [-0.3, -0.25) is 4.79 Å². The van der Waals surface area contributed by atoms with Crippen LogP contribution in [0.15, 0.2) is 72.8 Å². The van der Waals surface area contributed by atoms with Crippen molar-refractivity contribution in [3.63, 3.8) is 0 Å². The van der Waals surface area contributed by atoms with Crippen LogP contribution < -0.4 is 15.0 Å². The van der Waals surface area contributed by atoms with Gasteiger partial charge < -0.3 is 15.0 Å². The summed E-state index contributed by atoms with van der Waals surface area (Å²) in [4.78, 5) is 13.8. The number of rotatable bonds is 7. The van der Waals surface area contributed by atoms with Crippen molar-refractivity contribution in [2.45, 2.75) is 6.04 Å². The van der Waals surface area contributed by atoms with Gasteiger partial charge in [0.25, 0.3) is 0 Å². The number of hydrogen-bond donors (Lipinski definition) is 2. The molecule has 0 spiro atoms. The normalized spacial score (nSPS) is 12.4. The molecule has 2 N–H and O–H groups in total. The molecule has 0 saturated carbocycles. The number of hydrogen-bond acceptors (Lipinski definition) is 2. The van der Waals surface area contributed by atoms with Gasteiger partial charge in [-0.15, -0.1) is 0 Å². The van der Waals surface area contributed by atoms with E-state index in [0.29, 0.717) is 0 Å². The number of ether oxygens (including phenoxy) is 1. The molecule has 4 nitrogen and oxygen atoms in total. The van der Waals surface area contributed by atoms with Gasteiger partial charge in [0.05, 0.1) is 21.2 Å². The lowest BCUT2D eigenvalue weighted by molar-refractivity contribution is -0.860. The lowest BCUT2D eigenvalue weighted by Gasteiger charge is -2.20. The zero-order valence-electron chi connectivity index (χ0n) is 16.6. The van der Waals surface area contributed by atoms with E-state index in [1.165, 1.54) is 4.90 Å². The van der Waals surface area contributed by atoms with Crippen molar-refractivity contribution in [1.29, 1.82) is 0 Å². The van der Waals surface area contributed by atoms with Crippen LogP contribution in [0.25, 0.3) is 16.8 Å². The largest absolute Gasteiger partial charge is 0.497 e. The van der Waals surface area contributed by atoms with Crippen LogP contribution in [0.2, 0.25) is 0 Å². The molecule has 1 amide bonds. The number of fused-ring (bicyclic) bond motifs is 1. The van der Waals surface area contributed by atoms with E-state index in [2.05, 4.69) is 37.6 Å². The highest BCUT2D eigenvalue weighted by atomic mass is 16.5. The summed E-state index contributed by atoms with van der Waals surface area (Å²) in [5, 5.41) is 5.35. The number of nitrogens with one attached hydrogen (secondary N) is 2. The van der Waals surface area contributed by atoms with Gasteiger partial charge in [0.15, 0.2) is 0 Å². The van der Waals surface area contributed by atoms with E-state index < -0.39 is 0 Å². The highest BCUT2D eigenvalue weighted by molar-refractivity contribution is 5.93. The van der Waals surface area contributed by atoms with E-state index >= 15 is 0 Å². The van der Waals surface area contributed by atoms with E-state index in [1.807, 2.05) is 54.6 Å². The summed E-state index contributed by atoms with van der Waals surface area (Å²) in [6, 6.07) is 22.1. The Morgan fingerprint density at radius 1 is 1.04 bits per heavy atom. The van der Waals surface area contributed by atoms with E-state index in [-0.39, 0.29) is 11.9 Å². The quantitative estimate of drug-likeness (QED) is 0.624. The van der Waals surface area contributed by atoms with Gasteiger partial charge in [-0.05, 0) is 46.2 Å². The second kappa shape index (κ2) is 9.20. The summed E-state index contributed by atoms with van der Waals surface area (Å²) in [7, 11) is 5.83. The molecule has 0 aliphatic rings. The van der Waals surface area contributed by atoms with Crippen molar-refractivity contribution in [3.05, 3.63) is 83.9 Å². The number of likely N-dealkylation sites (N-methyl/N-ethyl adjacent to an activating group) is 1. The van der Waals surface area contributed by atoms with Gasteiger partial charge in [0.1, 0.15) is 18.3 Å². The summed E-state index contributed by atoms with van der Waals surface area (Å²) in [6.07, 6.45) is 3.45. The molecule has 0 saturated heterocycles. The monoisotopic (exact) mass is 375 g/mol. The van der Waals surface area contributed by atoms with E-state index in [4.69, 9.17) is 4.74 Å². The first-order valence-corrected chi connectivity index (χ1v) is 9.45. The molecule has 0 bridgehead atoms. The van der Waals surface area contributed by atoms with Gasteiger partial charge in [-0.1, -0.05) is 48.5 Å². The van der Waals surface area contributed by atoms with Crippen molar-refractivity contribution in [1.82, 2.24) is 5.32 Å². The molecule has 1 atom stereocenters. The smallest absolute Gasteiger partial charge is 0.244 e. The minimum atomic E-state index is -0.0927. The van der Waals surface area contributed by atoms with Crippen molar-refractivity contribution in [3.8, 4) is 5.75 Å². The molecule has 4 heteroatoms. The zero-order chi connectivity index (χ0) is 19.9. The Labute approximate surface area is 166 Å². The molecular formula is C24H27N2O2+. The highest BCUT2D eigenvalue weighted by Gasteiger charge is 2.16. The molecule has 0 aliphatic carbocycles. The first-order chi connectivity index (χ1) is 13.5. The third-order valence-corrected chi connectivity index (χ3v) is 4.63. The average Bonchev–Trinajstić information content (AvgIpc) is 2.71. The Kier molecular flexibility index (Phi) is 6.45. The van der Waals surface area contributed by atoms with Crippen LogP contribution >= 0.6 is 0 Å². The van der Waals surface area contributed by atoms with Crippen LogP contribution in [-0.2, 0) is 4.79 Å². The van der Waals surface area contributed by atoms with E-state index in [9.17, 15) is 4.79 Å². The molecule has 28 heavy (non-hydrogen) atoms. The predicted octanol–water partition coefficient (Wildman–Crippen LogP) is 2.86. The maximum Gasteiger partial charge on any atom is 0.244 e. The molecule has 0 unspecified atom stereocenters. The first kappa shape index (κ1) is 19.6. The van der Waals surface area contributed by atoms with Crippen molar-refractivity contribution in [2.75, 3.05) is 27.7 Å². The molecule has 0 aliphatic heterocycles. The predicted molar refractivity (Wildman–Crippen MR) is 115 cm³/mol. The third-order valence-electron chi connectivity index (χ3n) is 4.63. The zero-order valence-corrected chi connectivity index (χ0v) is 16.6. The van der Waals surface area contributed by atoms with Gasteiger partial charge in [0.2, 0.25) is 5.91 Å². The number of methoxy groups -OCH3 is 1. The molecular weight excluding hydrogens is 348 g/mol. The summed E-state index contributed by atoms with van der Waals surface area (Å²) in [5.74, 6) is 0.745. The molecule has 144 valence electrons. The van der Waals surface area contributed by atoms with Crippen LogP contribution in [0.5, 0.6) is 5.75 Å². The average molecular weight is 375 g/mol. The van der Waals surface area contributed by atoms with Crippen molar-refractivity contribution < 1.29 is 14.4 Å². The second-order valence-corrected chi connectivity index (χ2v) is 7.19. The highest BCUT2D eigenvalue weighted by Crippen LogP contribution is 2.22. The third kappa shape index (κ3) is 5.21. The standard InChI is InChI=1S/C24H26N2O2/c1-26(2)17-23(19-7-5-4-6-8-19)25-24(27)14-10-18-9-11-21-16-22(28-3)13-12-20(21)15-18/h4-16,23H,17H2,1-3H3,(H,25,27)/p+1/b14-10+/t23-/m1/s1. The summed E-state index contributed by atoms with van der Waals surface area (Å²) in [5.41, 5.74) is 2.10. The summed E-state index contributed by atoms with van der Waals surface area (Å²) >= 11 is 0.